The van der Waals surface area contributed by atoms with E-state index in [-0.39, 0.29) is 5.91 Å². The number of anilines is 1. The molecule has 1 aliphatic rings. The first-order valence-corrected chi connectivity index (χ1v) is 8.96. The SMILES string of the molecule is Cc1cc(C#N)nc(N2CCN(C(=O)CCc3ccccc3Cl)CC2)n1. The minimum absolute atomic E-state index is 0.132. The zero-order chi connectivity index (χ0) is 18.5. The Labute approximate surface area is 158 Å². The maximum absolute atomic E-state index is 12.5. The Morgan fingerprint density at radius 1 is 1.23 bits per heavy atom. The van der Waals surface area contributed by atoms with Crippen molar-refractivity contribution in [2.75, 3.05) is 31.1 Å². The monoisotopic (exact) mass is 369 g/mol. The van der Waals surface area contributed by atoms with Gasteiger partial charge in [0, 0.05) is 43.3 Å². The van der Waals surface area contributed by atoms with Gasteiger partial charge < -0.3 is 9.80 Å². The molecule has 0 unspecified atom stereocenters. The van der Waals surface area contributed by atoms with Crippen LogP contribution in [0.1, 0.15) is 23.4 Å². The maximum atomic E-state index is 12.5. The summed E-state index contributed by atoms with van der Waals surface area (Å²) in [6.45, 7) is 4.42. The quantitative estimate of drug-likeness (QED) is 0.828. The third-order valence-corrected chi connectivity index (χ3v) is 4.81. The van der Waals surface area contributed by atoms with E-state index in [9.17, 15) is 4.79 Å². The summed E-state index contributed by atoms with van der Waals surface area (Å²) in [6, 6.07) is 11.3. The van der Waals surface area contributed by atoms with E-state index in [0.717, 1.165) is 11.3 Å². The molecular weight excluding hydrogens is 350 g/mol. The van der Waals surface area contributed by atoms with Crippen LogP contribution in [0.15, 0.2) is 30.3 Å². The van der Waals surface area contributed by atoms with E-state index in [4.69, 9.17) is 16.9 Å². The van der Waals surface area contributed by atoms with Crippen LogP contribution in [0.5, 0.6) is 0 Å². The van der Waals surface area contributed by atoms with Crippen molar-refractivity contribution in [2.45, 2.75) is 19.8 Å². The molecule has 1 aromatic heterocycles. The van der Waals surface area contributed by atoms with E-state index in [0.29, 0.717) is 55.7 Å². The average molecular weight is 370 g/mol. The normalized spacial score (nSPS) is 14.2. The molecule has 0 aliphatic carbocycles. The highest BCUT2D eigenvalue weighted by molar-refractivity contribution is 6.31. The number of rotatable bonds is 4. The lowest BCUT2D eigenvalue weighted by Gasteiger charge is -2.35. The van der Waals surface area contributed by atoms with Crippen LogP contribution >= 0.6 is 11.6 Å². The molecule has 0 bridgehead atoms. The van der Waals surface area contributed by atoms with E-state index >= 15 is 0 Å². The number of nitrogens with zero attached hydrogens (tertiary/aromatic N) is 5. The molecular formula is C19H20ClN5O. The minimum Gasteiger partial charge on any atom is -0.339 e. The summed E-state index contributed by atoms with van der Waals surface area (Å²) in [5, 5.41) is 9.75. The van der Waals surface area contributed by atoms with E-state index in [1.165, 1.54) is 0 Å². The second kappa shape index (κ2) is 8.15. The van der Waals surface area contributed by atoms with E-state index < -0.39 is 0 Å². The summed E-state index contributed by atoms with van der Waals surface area (Å²) in [7, 11) is 0. The zero-order valence-electron chi connectivity index (χ0n) is 14.7. The van der Waals surface area contributed by atoms with Crippen LogP contribution < -0.4 is 4.90 Å². The molecule has 1 amide bonds. The van der Waals surface area contributed by atoms with Gasteiger partial charge >= 0.3 is 0 Å². The Kier molecular flexibility index (Phi) is 5.69. The van der Waals surface area contributed by atoms with Crippen LogP contribution in [0.3, 0.4) is 0 Å². The van der Waals surface area contributed by atoms with Crippen LogP contribution in [-0.4, -0.2) is 47.0 Å². The summed E-state index contributed by atoms with van der Waals surface area (Å²) in [5.41, 5.74) is 2.13. The molecule has 2 aromatic rings. The highest BCUT2D eigenvalue weighted by atomic mass is 35.5. The molecule has 1 aromatic carbocycles. The summed E-state index contributed by atoms with van der Waals surface area (Å²) < 4.78 is 0. The molecule has 3 rings (SSSR count). The van der Waals surface area contributed by atoms with Crippen LogP contribution in [0.2, 0.25) is 5.02 Å². The number of hydrogen-bond donors (Lipinski definition) is 0. The molecule has 0 radical (unpaired) electrons. The third kappa shape index (κ3) is 4.30. The fourth-order valence-electron chi connectivity index (χ4n) is 3.01. The van der Waals surface area contributed by atoms with Crippen molar-refractivity contribution in [1.82, 2.24) is 14.9 Å². The van der Waals surface area contributed by atoms with Crippen LogP contribution in [0.4, 0.5) is 5.95 Å². The number of halogens is 1. The van der Waals surface area contributed by atoms with Gasteiger partial charge in [-0.2, -0.15) is 5.26 Å². The number of carbonyl (C=O) groups is 1. The van der Waals surface area contributed by atoms with Crippen LogP contribution in [0.25, 0.3) is 0 Å². The second-order valence-corrected chi connectivity index (χ2v) is 6.67. The van der Waals surface area contributed by atoms with Gasteiger partial charge in [-0.1, -0.05) is 29.8 Å². The van der Waals surface area contributed by atoms with Gasteiger partial charge in [-0.25, -0.2) is 9.97 Å². The molecule has 0 saturated carbocycles. The lowest BCUT2D eigenvalue weighted by molar-refractivity contribution is -0.131. The van der Waals surface area contributed by atoms with Gasteiger partial charge in [0.2, 0.25) is 11.9 Å². The maximum Gasteiger partial charge on any atom is 0.226 e. The van der Waals surface area contributed by atoms with Crippen molar-refractivity contribution in [2.24, 2.45) is 0 Å². The summed E-state index contributed by atoms with van der Waals surface area (Å²) >= 11 is 6.15. The number of benzene rings is 1. The summed E-state index contributed by atoms with van der Waals surface area (Å²) in [4.78, 5) is 25.0. The molecule has 1 aliphatic heterocycles. The number of aromatic nitrogens is 2. The molecule has 1 saturated heterocycles. The summed E-state index contributed by atoms with van der Waals surface area (Å²) in [5.74, 6) is 0.692. The standard InChI is InChI=1S/C19H20ClN5O/c1-14-12-16(13-21)23-19(22-14)25-10-8-24(9-11-25)18(26)7-6-15-4-2-3-5-17(15)20/h2-5,12H,6-11H2,1H3. The Morgan fingerprint density at radius 2 is 1.96 bits per heavy atom. The smallest absolute Gasteiger partial charge is 0.226 e. The van der Waals surface area contributed by atoms with Gasteiger partial charge in [0.05, 0.1) is 0 Å². The van der Waals surface area contributed by atoms with Crippen molar-refractivity contribution in [3.05, 3.63) is 52.3 Å². The number of aryl methyl sites for hydroxylation is 2. The molecule has 0 spiro atoms. The first kappa shape index (κ1) is 18.2. The van der Waals surface area contributed by atoms with Crippen LogP contribution in [-0.2, 0) is 11.2 Å². The number of amides is 1. The highest BCUT2D eigenvalue weighted by Crippen LogP contribution is 2.18. The predicted octanol–water partition coefficient (Wildman–Crippen LogP) is 2.59. The number of nitriles is 1. The van der Waals surface area contributed by atoms with E-state index in [2.05, 4.69) is 16.0 Å². The van der Waals surface area contributed by atoms with Gasteiger partial charge in [-0.15, -0.1) is 0 Å². The zero-order valence-corrected chi connectivity index (χ0v) is 15.4. The number of piperazine rings is 1. The van der Waals surface area contributed by atoms with Crippen molar-refractivity contribution in [1.29, 1.82) is 5.26 Å². The minimum atomic E-state index is 0.132. The van der Waals surface area contributed by atoms with Crippen molar-refractivity contribution in [3.63, 3.8) is 0 Å². The number of carbonyl (C=O) groups excluding carboxylic acids is 1. The second-order valence-electron chi connectivity index (χ2n) is 6.27. The molecule has 134 valence electrons. The number of hydrogen-bond acceptors (Lipinski definition) is 5. The molecule has 0 N–H and O–H groups in total. The van der Waals surface area contributed by atoms with Crippen LogP contribution in [0, 0.1) is 18.3 Å². The van der Waals surface area contributed by atoms with Crippen molar-refractivity contribution < 1.29 is 4.79 Å². The first-order valence-electron chi connectivity index (χ1n) is 8.59. The highest BCUT2D eigenvalue weighted by Gasteiger charge is 2.23. The molecule has 6 nitrogen and oxygen atoms in total. The largest absolute Gasteiger partial charge is 0.339 e. The first-order chi connectivity index (χ1) is 12.6. The Balaban J connectivity index is 1.55. The Bertz CT molecular complexity index is 840. The van der Waals surface area contributed by atoms with Gasteiger partial charge in [0.15, 0.2) is 0 Å². The molecule has 1 fully saturated rings. The van der Waals surface area contributed by atoms with Crippen molar-refractivity contribution >= 4 is 23.5 Å². The van der Waals surface area contributed by atoms with Gasteiger partial charge in [-0.3, -0.25) is 4.79 Å². The van der Waals surface area contributed by atoms with Gasteiger partial charge in [-0.05, 0) is 31.0 Å². The third-order valence-electron chi connectivity index (χ3n) is 4.44. The fraction of sp³-hybridized carbons (Fsp3) is 0.368. The lowest BCUT2D eigenvalue weighted by atomic mass is 10.1. The van der Waals surface area contributed by atoms with Crippen molar-refractivity contribution in [3.8, 4) is 6.07 Å². The molecule has 0 atom stereocenters. The summed E-state index contributed by atoms with van der Waals surface area (Å²) in [6.07, 6.45) is 1.09. The molecule has 26 heavy (non-hydrogen) atoms. The Morgan fingerprint density at radius 3 is 2.65 bits per heavy atom. The van der Waals surface area contributed by atoms with E-state index in [1.807, 2.05) is 41.0 Å². The van der Waals surface area contributed by atoms with E-state index in [1.54, 1.807) is 6.07 Å². The fourth-order valence-corrected chi connectivity index (χ4v) is 3.24. The average Bonchev–Trinajstić information content (AvgIpc) is 2.66. The predicted molar refractivity (Wildman–Crippen MR) is 100 cm³/mol. The molecule has 7 heteroatoms. The van der Waals surface area contributed by atoms with Gasteiger partial charge in [0.1, 0.15) is 11.8 Å². The Hall–Kier alpha value is -2.65. The topological polar surface area (TPSA) is 73.1 Å². The van der Waals surface area contributed by atoms with Gasteiger partial charge in [0.25, 0.3) is 0 Å². The molecule has 2 heterocycles. The lowest BCUT2D eigenvalue weighted by Crippen LogP contribution is -2.49.